The highest BCUT2D eigenvalue weighted by Crippen LogP contribution is 2.47. The van der Waals surface area contributed by atoms with Crippen LogP contribution in [0.15, 0.2) is 186 Å². The lowest BCUT2D eigenvalue weighted by molar-refractivity contribution is 0.669. The smallest absolute Gasteiger partial charge is 0.136 e. The average molecular weight is 632 g/mol. The van der Waals surface area contributed by atoms with Crippen LogP contribution in [-0.4, -0.2) is 0 Å². The maximum atomic E-state index is 9.43. The second-order valence-corrected chi connectivity index (χ2v) is 12.2. The van der Waals surface area contributed by atoms with E-state index in [1.165, 1.54) is 0 Å². The SMILES string of the molecule is [2H]c1c([2H])c([2H])c(-c2ccc(-c3c([2H])c([2H])c([2H])c([2H])c3-c3c4ccccc4c(-c4ccc5oc6cc7ccccc7cc6c5c4)c4ccccc34)cc2)c([2H])c1[2H]. The molecule has 1 heterocycles. The van der Waals surface area contributed by atoms with Gasteiger partial charge in [-0.2, -0.15) is 0 Å². The molecule has 10 aromatic rings. The predicted molar refractivity (Wildman–Crippen MR) is 208 cm³/mol. The van der Waals surface area contributed by atoms with Crippen LogP contribution in [0.3, 0.4) is 0 Å². The average Bonchev–Trinajstić information content (AvgIpc) is 3.60. The van der Waals surface area contributed by atoms with Crippen molar-refractivity contribution in [2.75, 3.05) is 0 Å². The van der Waals surface area contributed by atoms with Gasteiger partial charge in [0.05, 0.1) is 12.3 Å². The van der Waals surface area contributed by atoms with Crippen molar-refractivity contribution in [3.63, 3.8) is 0 Å². The first kappa shape index (κ1) is 20.0. The van der Waals surface area contributed by atoms with Crippen molar-refractivity contribution >= 4 is 54.3 Å². The molecule has 0 saturated carbocycles. The van der Waals surface area contributed by atoms with Gasteiger partial charge in [0.2, 0.25) is 0 Å². The molecule has 0 N–H and O–H groups in total. The van der Waals surface area contributed by atoms with E-state index >= 15 is 0 Å². The Labute approximate surface area is 297 Å². The standard InChI is InChI=1S/C48H30O/c1-2-12-31(13-3-1)32-22-24-33(25-23-32)37-16-6-7-17-38(37)48-41-20-10-8-18-39(41)47(40-19-9-11-21-42(40)48)36-26-27-45-43(29-36)44-28-34-14-4-5-15-35(34)30-46(44)49-45/h1-30H/i1D,2D,3D,6D,7D,12D,13D,16D,17D. The molecular weight excluding hydrogens is 593 g/mol. The van der Waals surface area contributed by atoms with Crippen molar-refractivity contribution in [1.82, 2.24) is 0 Å². The Morgan fingerprint density at radius 1 is 0.347 bits per heavy atom. The fraction of sp³-hybridized carbons (Fsp3) is 0. The molecule has 0 atom stereocenters. The van der Waals surface area contributed by atoms with Crippen LogP contribution in [0, 0.1) is 0 Å². The van der Waals surface area contributed by atoms with Gasteiger partial charge >= 0.3 is 0 Å². The molecule has 0 saturated heterocycles. The van der Waals surface area contributed by atoms with E-state index in [2.05, 4.69) is 36.4 Å². The lowest BCUT2D eigenvalue weighted by Crippen LogP contribution is -1.92. The summed E-state index contributed by atoms with van der Waals surface area (Å²) in [7, 11) is 0. The first-order valence-corrected chi connectivity index (χ1v) is 16.1. The number of hydrogen-bond donors (Lipinski definition) is 0. The quantitative estimate of drug-likeness (QED) is 0.176. The van der Waals surface area contributed by atoms with Crippen LogP contribution in [0.2, 0.25) is 0 Å². The molecule has 0 bridgehead atoms. The van der Waals surface area contributed by atoms with Crippen LogP contribution in [0.1, 0.15) is 12.3 Å². The van der Waals surface area contributed by atoms with E-state index in [-0.39, 0.29) is 41.8 Å². The fourth-order valence-corrected chi connectivity index (χ4v) is 7.24. The lowest BCUT2D eigenvalue weighted by Gasteiger charge is -2.20. The van der Waals surface area contributed by atoms with E-state index < -0.39 is 18.1 Å². The molecule has 1 aromatic heterocycles. The topological polar surface area (TPSA) is 13.1 Å². The summed E-state index contributed by atoms with van der Waals surface area (Å²) in [4.78, 5) is 0. The zero-order chi connectivity index (χ0) is 40.1. The minimum absolute atomic E-state index is 0.0512. The molecule has 0 amide bonds. The molecule has 0 unspecified atom stereocenters. The van der Waals surface area contributed by atoms with E-state index in [1.807, 2.05) is 66.7 Å². The Morgan fingerprint density at radius 2 is 0.878 bits per heavy atom. The highest BCUT2D eigenvalue weighted by atomic mass is 16.3. The summed E-state index contributed by atoms with van der Waals surface area (Å²) in [5.41, 5.74) is 5.76. The molecule has 1 heteroatoms. The van der Waals surface area contributed by atoms with Gasteiger partial charge in [0.15, 0.2) is 0 Å². The normalized spacial score (nSPS) is 14.2. The van der Waals surface area contributed by atoms with Crippen LogP contribution in [0.25, 0.3) is 98.8 Å². The van der Waals surface area contributed by atoms with E-state index in [1.54, 1.807) is 24.3 Å². The summed E-state index contributed by atoms with van der Waals surface area (Å²) in [6.45, 7) is 0. The summed E-state index contributed by atoms with van der Waals surface area (Å²) >= 11 is 0. The molecule has 9 aromatic carbocycles. The molecule has 0 aliphatic carbocycles. The maximum Gasteiger partial charge on any atom is 0.136 e. The highest BCUT2D eigenvalue weighted by Gasteiger charge is 2.20. The van der Waals surface area contributed by atoms with Crippen molar-refractivity contribution in [2.24, 2.45) is 0 Å². The summed E-state index contributed by atoms with van der Waals surface area (Å²) in [6.07, 6.45) is 0. The number of fused-ring (bicyclic) bond motifs is 6. The van der Waals surface area contributed by atoms with Crippen LogP contribution in [0.5, 0.6) is 0 Å². The molecule has 1 nitrogen and oxygen atoms in total. The summed E-state index contributed by atoms with van der Waals surface area (Å²) in [6, 6.07) is 38.1. The van der Waals surface area contributed by atoms with Gasteiger partial charge in [-0.3, -0.25) is 0 Å². The Hall–Kier alpha value is -6.44. The van der Waals surface area contributed by atoms with Crippen LogP contribution in [-0.2, 0) is 0 Å². The molecule has 49 heavy (non-hydrogen) atoms. The third kappa shape index (κ3) is 4.47. The van der Waals surface area contributed by atoms with Crippen LogP contribution >= 0.6 is 0 Å². The second kappa shape index (κ2) is 11.1. The minimum atomic E-state index is -0.477. The maximum absolute atomic E-state index is 9.43. The Morgan fingerprint density at radius 3 is 1.57 bits per heavy atom. The Bertz CT molecular complexity index is 3300. The Kier molecular flexibility index (Phi) is 4.53. The Balaban J connectivity index is 1.23. The number of benzene rings is 9. The highest BCUT2D eigenvalue weighted by molar-refractivity contribution is 6.23. The molecule has 228 valence electrons. The van der Waals surface area contributed by atoms with Gasteiger partial charge in [-0.25, -0.2) is 0 Å². The fourth-order valence-electron chi connectivity index (χ4n) is 7.24. The summed E-state index contributed by atoms with van der Waals surface area (Å²) < 4.78 is 84.0. The van der Waals surface area contributed by atoms with Gasteiger partial charge < -0.3 is 4.42 Å². The van der Waals surface area contributed by atoms with Gasteiger partial charge in [-0.1, -0.05) is 158 Å². The molecule has 0 fully saturated rings. The minimum Gasteiger partial charge on any atom is -0.456 e. The van der Waals surface area contributed by atoms with E-state index in [0.717, 1.165) is 65.4 Å². The summed E-state index contributed by atoms with van der Waals surface area (Å²) in [5.74, 6) is 0. The zero-order valence-electron chi connectivity index (χ0n) is 35.0. The molecular formula is C48H30O. The van der Waals surface area contributed by atoms with Crippen molar-refractivity contribution in [3.05, 3.63) is 182 Å². The molecule has 0 spiro atoms. The van der Waals surface area contributed by atoms with Crippen molar-refractivity contribution in [3.8, 4) is 44.5 Å². The molecule has 0 aliphatic rings. The first-order valence-electron chi connectivity index (χ1n) is 20.6. The monoisotopic (exact) mass is 631 g/mol. The van der Waals surface area contributed by atoms with Crippen LogP contribution < -0.4 is 0 Å². The van der Waals surface area contributed by atoms with Gasteiger partial charge in [0.1, 0.15) is 11.2 Å². The van der Waals surface area contributed by atoms with E-state index in [0.29, 0.717) is 27.8 Å². The molecule has 10 rings (SSSR count). The van der Waals surface area contributed by atoms with E-state index in [4.69, 9.17) is 14.0 Å². The predicted octanol–water partition coefficient (Wildman–Crippen LogP) is 13.7. The molecule has 0 aliphatic heterocycles. The largest absolute Gasteiger partial charge is 0.456 e. The number of furan rings is 1. The second-order valence-electron chi connectivity index (χ2n) is 12.2. The van der Waals surface area contributed by atoms with Gasteiger partial charge in [-0.05, 0) is 101 Å². The van der Waals surface area contributed by atoms with Gasteiger partial charge in [0.25, 0.3) is 0 Å². The third-order valence-corrected chi connectivity index (χ3v) is 9.46. The third-order valence-electron chi connectivity index (χ3n) is 9.46. The van der Waals surface area contributed by atoms with Gasteiger partial charge in [0, 0.05) is 10.8 Å². The van der Waals surface area contributed by atoms with Crippen molar-refractivity contribution in [1.29, 1.82) is 0 Å². The first-order chi connectivity index (χ1) is 28.0. The van der Waals surface area contributed by atoms with E-state index in [9.17, 15) is 2.74 Å². The van der Waals surface area contributed by atoms with Crippen LogP contribution in [0.4, 0.5) is 0 Å². The molecule has 0 radical (unpaired) electrons. The van der Waals surface area contributed by atoms with Crippen molar-refractivity contribution < 1.29 is 16.8 Å². The van der Waals surface area contributed by atoms with Crippen molar-refractivity contribution in [2.45, 2.75) is 0 Å². The lowest BCUT2D eigenvalue weighted by atomic mass is 9.83. The zero-order valence-corrected chi connectivity index (χ0v) is 26.0. The number of hydrogen-bond acceptors (Lipinski definition) is 1. The summed E-state index contributed by atoms with van der Waals surface area (Å²) in [5, 5.41) is 7.65. The van der Waals surface area contributed by atoms with Gasteiger partial charge in [-0.15, -0.1) is 0 Å². The number of rotatable bonds is 4.